The lowest BCUT2D eigenvalue weighted by Gasteiger charge is -2.35. The molecule has 2 fully saturated rings. The van der Waals surface area contributed by atoms with Crippen molar-refractivity contribution in [3.63, 3.8) is 0 Å². The first kappa shape index (κ1) is 12.2. The van der Waals surface area contributed by atoms with E-state index < -0.39 is 0 Å². The fraction of sp³-hybridized carbons (Fsp3) is 0.368. The molecule has 1 heteroatoms. The summed E-state index contributed by atoms with van der Waals surface area (Å²) in [7, 11) is 0. The summed E-state index contributed by atoms with van der Waals surface area (Å²) in [6, 6.07) is 23.3. The molecule has 2 aromatic carbocycles. The van der Waals surface area contributed by atoms with E-state index in [1.54, 1.807) is 0 Å². The van der Waals surface area contributed by atoms with E-state index in [0.717, 1.165) is 12.0 Å². The van der Waals surface area contributed by atoms with Gasteiger partial charge in [-0.2, -0.15) is 0 Å². The van der Waals surface area contributed by atoms with E-state index in [2.05, 4.69) is 65.6 Å². The lowest BCUT2D eigenvalue weighted by molar-refractivity contribution is 0.172. The average Bonchev–Trinajstić information content (AvgIpc) is 3.13. The molecule has 1 saturated heterocycles. The van der Waals surface area contributed by atoms with Gasteiger partial charge in [-0.25, -0.2) is 0 Å². The third kappa shape index (κ3) is 2.06. The summed E-state index contributed by atoms with van der Waals surface area (Å²) in [5.74, 6) is 0.940. The number of fused-ring (bicyclic) bond motifs is 2. The van der Waals surface area contributed by atoms with Gasteiger partial charge in [0, 0.05) is 12.6 Å². The Bertz CT molecular complexity index is 523. The maximum absolute atomic E-state index is 2.75. The van der Waals surface area contributed by atoms with Crippen molar-refractivity contribution in [1.82, 2.24) is 4.90 Å². The van der Waals surface area contributed by atoms with Crippen molar-refractivity contribution < 1.29 is 0 Å². The van der Waals surface area contributed by atoms with Crippen LogP contribution in [0.3, 0.4) is 0 Å². The molecule has 2 atom stereocenters. The van der Waals surface area contributed by atoms with Crippen LogP contribution in [0.25, 0.3) is 0 Å². The number of benzene rings is 2. The minimum atomic E-state index is 0.438. The number of nitrogens with zero attached hydrogens (tertiary/aromatic N) is 1. The molecule has 2 unspecified atom stereocenters. The van der Waals surface area contributed by atoms with Crippen molar-refractivity contribution in [2.75, 3.05) is 6.54 Å². The van der Waals surface area contributed by atoms with Crippen LogP contribution in [0.1, 0.15) is 36.4 Å². The lowest BCUT2D eigenvalue weighted by Crippen LogP contribution is -2.36. The van der Waals surface area contributed by atoms with Crippen LogP contribution in [0.2, 0.25) is 0 Å². The molecular formula is C19H21N. The highest BCUT2D eigenvalue weighted by Crippen LogP contribution is 2.44. The van der Waals surface area contributed by atoms with E-state index in [1.165, 1.54) is 36.9 Å². The molecule has 0 aromatic heterocycles. The first-order valence-corrected chi connectivity index (χ1v) is 7.77. The summed E-state index contributed by atoms with van der Waals surface area (Å²) in [6.45, 7) is 1.28. The van der Waals surface area contributed by atoms with Crippen molar-refractivity contribution in [2.24, 2.45) is 5.92 Å². The third-order valence-electron chi connectivity index (χ3n) is 5.01. The van der Waals surface area contributed by atoms with Crippen molar-refractivity contribution in [2.45, 2.75) is 31.3 Å². The molecule has 2 aliphatic rings. The highest BCUT2D eigenvalue weighted by atomic mass is 15.2. The fourth-order valence-electron chi connectivity index (χ4n) is 4.13. The zero-order chi connectivity index (χ0) is 13.4. The van der Waals surface area contributed by atoms with E-state index in [4.69, 9.17) is 0 Å². The molecule has 2 bridgehead atoms. The molecule has 102 valence electrons. The topological polar surface area (TPSA) is 3.24 Å². The first-order chi connectivity index (χ1) is 9.92. The third-order valence-corrected chi connectivity index (χ3v) is 5.01. The van der Waals surface area contributed by atoms with Gasteiger partial charge in [0.1, 0.15) is 0 Å². The van der Waals surface area contributed by atoms with E-state index in [0.29, 0.717) is 6.04 Å². The summed E-state index contributed by atoms with van der Waals surface area (Å²) in [6.07, 6.45) is 4.24. The molecule has 0 N–H and O–H groups in total. The Kier molecular flexibility index (Phi) is 3.08. The Labute approximate surface area is 121 Å². The van der Waals surface area contributed by atoms with Gasteiger partial charge in [-0.15, -0.1) is 0 Å². The Balaban J connectivity index is 1.74. The van der Waals surface area contributed by atoms with Gasteiger partial charge in [0.05, 0.1) is 6.04 Å². The Morgan fingerprint density at radius 1 is 0.800 bits per heavy atom. The second-order valence-electron chi connectivity index (χ2n) is 6.25. The number of hydrogen-bond acceptors (Lipinski definition) is 1. The quantitative estimate of drug-likeness (QED) is 0.799. The molecule has 4 rings (SSSR count). The molecule has 1 heterocycles. The van der Waals surface area contributed by atoms with Crippen LogP contribution in [0.4, 0.5) is 0 Å². The minimum Gasteiger partial charge on any atom is -0.289 e. The summed E-state index contributed by atoms with van der Waals surface area (Å²) in [5.41, 5.74) is 2.87. The van der Waals surface area contributed by atoms with E-state index in [9.17, 15) is 0 Å². The largest absolute Gasteiger partial charge is 0.289 e. The van der Waals surface area contributed by atoms with Crippen LogP contribution >= 0.6 is 0 Å². The molecule has 2 aromatic rings. The normalized spacial score (nSPS) is 25.4. The van der Waals surface area contributed by atoms with Gasteiger partial charge in [0.15, 0.2) is 0 Å². The predicted octanol–water partition coefficient (Wildman–Crippen LogP) is 4.26. The minimum absolute atomic E-state index is 0.438. The molecule has 0 amide bonds. The smallest absolute Gasteiger partial charge is 0.0604 e. The zero-order valence-electron chi connectivity index (χ0n) is 11.8. The van der Waals surface area contributed by atoms with E-state index in [-0.39, 0.29) is 0 Å². The van der Waals surface area contributed by atoms with Gasteiger partial charge < -0.3 is 0 Å². The van der Waals surface area contributed by atoms with E-state index >= 15 is 0 Å². The lowest BCUT2D eigenvalue weighted by atomic mass is 9.95. The monoisotopic (exact) mass is 263 g/mol. The van der Waals surface area contributed by atoms with Crippen LogP contribution in [-0.2, 0) is 0 Å². The number of rotatable bonds is 3. The molecule has 1 saturated carbocycles. The Hall–Kier alpha value is -1.60. The Morgan fingerprint density at radius 2 is 1.40 bits per heavy atom. The Morgan fingerprint density at radius 3 is 1.85 bits per heavy atom. The first-order valence-electron chi connectivity index (χ1n) is 7.77. The summed E-state index contributed by atoms with van der Waals surface area (Å²) < 4.78 is 0. The average molecular weight is 263 g/mol. The molecule has 0 spiro atoms. The van der Waals surface area contributed by atoms with Crippen molar-refractivity contribution in [3.8, 4) is 0 Å². The second kappa shape index (κ2) is 5.06. The second-order valence-corrected chi connectivity index (χ2v) is 6.25. The maximum atomic E-state index is 2.75. The SMILES string of the molecule is c1ccc(C(c2ccccc2)N2CC3CCC2C3)cc1. The summed E-state index contributed by atoms with van der Waals surface area (Å²) in [5, 5.41) is 0. The summed E-state index contributed by atoms with van der Waals surface area (Å²) >= 11 is 0. The highest BCUT2D eigenvalue weighted by Gasteiger charge is 2.41. The fourth-order valence-corrected chi connectivity index (χ4v) is 4.13. The number of piperidine rings is 1. The van der Waals surface area contributed by atoms with Gasteiger partial charge in [0.2, 0.25) is 0 Å². The molecule has 0 radical (unpaired) electrons. The van der Waals surface area contributed by atoms with Gasteiger partial charge in [-0.05, 0) is 36.3 Å². The molecular weight excluding hydrogens is 242 g/mol. The van der Waals surface area contributed by atoms with E-state index in [1.807, 2.05) is 0 Å². The van der Waals surface area contributed by atoms with Crippen LogP contribution in [0, 0.1) is 5.92 Å². The van der Waals surface area contributed by atoms with Gasteiger partial charge in [-0.1, -0.05) is 60.7 Å². The van der Waals surface area contributed by atoms with Crippen LogP contribution in [-0.4, -0.2) is 17.5 Å². The van der Waals surface area contributed by atoms with Crippen LogP contribution in [0.5, 0.6) is 0 Å². The van der Waals surface area contributed by atoms with Crippen molar-refractivity contribution in [3.05, 3.63) is 71.8 Å². The summed E-state index contributed by atoms with van der Waals surface area (Å²) in [4.78, 5) is 2.75. The van der Waals surface area contributed by atoms with Gasteiger partial charge in [-0.3, -0.25) is 4.90 Å². The molecule has 1 nitrogen and oxygen atoms in total. The molecule has 20 heavy (non-hydrogen) atoms. The zero-order valence-corrected chi connectivity index (χ0v) is 11.8. The van der Waals surface area contributed by atoms with Crippen molar-refractivity contribution >= 4 is 0 Å². The molecule has 1 aliphatic carbocycles. The van der Waals surface area contributed by atoms with Crippen LogP contribution in [0.15, 0.2) is 60.7 Å². The van der Waals surface area contributed by atoms with Crippen molar-refractivity contribution in [1.29, 1.82) is 0 Å². The standard InChI is InChI=1S/C19H21N/c1-3-7-16(8-4-1)19(17-9-5-2-6-10-17)20-14-15-11-12-18(20)13-15/h1-10,15,18-19H,11-14H2. The predicted molar refractivity (Wildman–Crippen MR) is 82.6 cm³/mol. The van der Waals surface area contributed by atoms with Gasteiger partial charge >= 0.3 is 0 Å². The van der Waals surface area contributed by atoms with Gasteiger partial charge in [0.25, 0.3) is 0 Å². The molecule has 1 aliphatic heterocycles. The highest BCUT2D eigenvalue weighted by molar-refractivity contribution is 5.32. The maximum Gasteiger partial charge on any atom is 0.0604 e. The number of hydrogen-bond donors (Lipinski definition) is 0. The van der Waals surface area contributed by atoms with Crippen LogP contribution < -0.4 is 0 Å². The number of likely N-dealkylation sites (tertiary alicyclic amines) is 1.